The van der Waals surface area contributed by atoms with Crippen LogP contribution in [0.15, 0.2) is 48.5 Å². The fraction of sp³-hybridized carbons (Fsp3) is 0.143. The maximum Gasteiger partial charge on any atom is 0.126 e. The van der Waals surface area contributed by atoms with Crippen LogP contribution in [0.5, 0.6) is 5.75 Å². The number of phenolic OH excluding ortho intramolecular Hbond substituents is 1. The highest BCUT2D eigenvalue weighted by Crippen LogP contribution is 2.13. The second-order valence-electron chi connectivity index (χ2n) is 3.76. The van der Waals surface area contributed by atoms with Crippen LogP contribution in [-0.4, -0.2) is 5.11 Å². The van der Waals surface area contributed by atoms with E-state index in [1.165, 1.54) is 6.07 Å². The Balaban J connectivity index is 2.02. The van der Waals surface area contributed by atoms with Gasteiger partial charge in [-0.2, -0.15) is 0 Å². The Morgan fingerprint density at radius 2 is 1.56 bits per heavy atom. The summed E-state index contributed by atoms with van der Waals surface area (Å²) in [5.41, 5.74) is 1.83. The van der Waals surface area contributed by atoms with Gasteiger partial charge < -0.3 is 5.11 Å². The average molecular weight is 216 g/mol. The van der Waals surface area contributed by atoms with Gasteiger partial charge in [0.2, 0.25) is 0 Å². The molecule has 0 bridgehead atoms. The Kier molecular flexibility index (Phi) is 3.20. The second kappa shape index (κ2) is 4.79. The van der Waals surface area contributed by atoms with Crippen molar-refractivity contribution in [2.75, 3.05) is 0 Å². The lowest BCUT2D eigenvalue weighted by Crippen LogP contribution is -1.94. The van der Waals surface area contributed by atoms with E-state index in [0.29, 0.717) is 6.42 Å². The van der Waals surface area contributed by atoms with Gasteiger partial charge in [0.1, 0.15) is 11.6 Å². The van der Waals surface area contributed by atoms with Crippen LogP contribution < -0.4 is 0 Å². The number of hydrogen-bond acceptors (Lipinski definition) is 1. The average Bonchev–Trinajstić information content (AvgIpc) is 2.30. The van der Waals surface area contributed by atoms with Gasteiger partial charge in [-0.05, 0) is 42.2 Å². The molecule has 0 aliphatic carbocycles. The van der Waals surface area contributed by atoms with Crippen molar-refractivity contribution in [3.05, 3.63) is 65.5 Å². The summed E-state index contributed by atoms with van der Waals surface area (Å²) in [6.45, 7) is 0. The largest absolute Gasteiger partial charge is 0.508 e. The molecular weight excluding hydrogens is 203 g/mol. The summed E-state index contributed by atoms with van der Waals surface area (Å²) in [4.78, 5) is 0. The van der Waals surface area contributed by atoms with Gasteiger partial charge in [-0.3, -0.25) is 0 Å². The smallest absolute Gasteiger partial charge is 0.126 e. The van der Waals surface area contributed by atoms with E-state index in [4.69, 9.17) is 5.11 Å². The van der Waals surface area contributed by atoms with Gasteiger partial charge in [0, 0.05) is 0 Å². The van der Waals surface area contributed by atoms with Gasteiger partial charge in [0.25, 0.3) is 0 Å². The van der Waals surface area contributed by atoms with Crippen LogP contribution >= 0.6 is 0 Å². The lowest BCUT2D eigenvalue weighted by atomic mass is 10.0. The molecule has 0 saturated heterocycles. The predicted molar refractivity (Wildman–Crippen MR) is 61.9 cm³/mol. The molecule has 1 N–H and O–H groups in total. The highest BCUT2D eigenvalue weighted by molar-refractivity contribution is 5.27. The van der Waals surface area contributed by atoms with E-state index >= 15 is 0 Å². The lowest BCUT2D eigenvalue weighted by Gasteiger charge is -2.03. The Hall–Kier alpha value is -1.83. The van der Waals surface area contributed by atoms with Gasteiger partial charge in [-0.15, -0.1) is 0 Å². The molecular formula is C14H13FO. The van der Waals surface area contributed by atoms with Gasteiger partial charge >= 0.3 is 0 Å². The summed E-state index contributed by atoms with van der Waals surface area (Å²) in [7, 11) is 0. The fourth-order valence-corrected chi connectivity index (χ4v) is 1.64. The third kappa shape index (κ3) is 2.60. The summed E-state index contributed by atoms with van der Waals surface area (Å²) in [6.07, 6.45) is 1.46. The van der Waals surface area contributed by atoms with Crippen LogP contribution in [-0.2, 0) is 12.8 Å². The van der Waals surface area contributed by atoms with Crippen molar-refractivity contribution in [3.63, 3.8) is 0 Å². The number of rotatable bonds is 3. The van der Waals surface area contributed by atoms with Crippen LogP contribution in [0.1, 0.15) is 11.1 Å². The molecule has 0 spiro atoms. The maximum absolute atomic E-state index is 13.3. The summed E-state index contributed by atoms with van der Waals surface area (Å²) in [5, 5.41) is 9.13. The molecule has 0 atom stereocenters. The first-order valence-corrected chi connectivity index (χ1v) is 5.27. The topological polar surface area (TPSA) is 20.2 Å². The summed E-state index contributed by atoms with van der Waals surface area (Å²) < 4.78 is 13.3. The lowest BCUT2D eigenvalue weighted by molar-refractivity contribution is 0.475. The molecule has 2 heteroatoms. The van der Waals surface area contributed by atoms with E-state index in [2.05, 4.69) is 0 Å². The zero-order valence-corrected chi connectivity index (χ0v) is 8.86. The van der Waals surface area contributed by atoms with Gasteiger partial charge in [-0.1, -0.05) is 30.3 Å². The first-order valence-electron chi connectivity index (χ1n) is 5.27. The first-order chi connectivity index (χ1) is 7.75. The highest BCUT2D eigenvalue weighted by atomic mass is 19.1. The first kappa shape index (κ1) is 10.7. The molecule has 2 rings (SSSR count). The van der Waals surface area contributed by atoms with Crippen molar-refractivity contribution in [1.29, 1.82) is 0 Å². The van der Waals surface area contributed by atoms with Gasteiger partial charge in [-0.25, -0.2) is 4.39 Å². The Labute approximate surface area is 94.2 Å². The number of hydrogen-bond donors (Lipinski definition) is 1. The zero-order chi connectivity index (χ0) is 11.4. The Morgan fingerprint density at radius 3 is 2.25 bits per heavy atom. The third-order valence-corrected chi connectivity index (χ3v) is 2.58. The fourth-order valence-electron chi connectivity index (χ4n) is 1.64. The van der Waals surface area contributed by atoms with Crippen molar-refractivity contribution < 1.29 is 9.50 Å². The predicted octanol–water partition coefficient (Wildman–Crippen LogP) is 3.32. The molecule has 0 unspecified atom stereocenters. The summed E-state index contributed by atoms with van der Waals surface area (Å²) >= 11 is 0. The minimum Gasteiger partial charge on any atom is -0.508 e. The SMILES string of the molecule is Oc1ccc(CCc2ccccc2F)cc1. The summed E-state index contributed by atoms with van der Waals surface area (Å²) in [6, 6.07) is 13.8. The minimum absolute atomic E-state index is 0.152. The molecule has 2 aromatic rings. The molecule has 0 radical (unpaired) electrons. The monoisotopic (exact) mass is 216 g/mol. The van der Waals surface area contributed by atoms with E-state index in [-0.39, 0.29) is 11.6 Å². The van der Waals surface area contributed by atoms with E-state index in [9.17, 15) is 4.39 Å². The molecule has 82 valence electrons. The standard InChI is InChI=1S/C14H13FO/c15-14-4-2-1-3-12(14)8-5-11-6-9-13(16)10-7-11/h1-4,6-7,9-10,16H,5,8H2. The highest BCUT2D eigenvalue weighted by Gasteiger charge is 2.01. The quantitative estimate of drug-likeness (QED) is 0.834. The molecule has 2 aromatic carbocycles. The van der Waals surface area contributed by atoms with Crippen LogP contribution in [0.2, 0.25) is 0 Å². The van der Waals surface area contributed by atoms with Crippen LogP contribution in [0.3, 0.4) is 0 Å². The van der Waals surface area contributed by atoms with Crippen molar-refractivity contribution in [1.82, 2.24) is 0 Å². The minimum atomic E-state index is -0.152. The van der Waals surface area contributed by atoms with E-state index in [0.717, 1.165) is 17.5 Å². The van der Waals surface area contributed by atoms with E-state index < -0.39 is 0 Å². The van der Waals surface area contributed by atoms with E-state index in [1.54, 1.807) is 24.3 Å². The van der Waals surface area contributed by atoms with Gasteiger partial charge in [0.05, 0.1) is 0 Å². The molecule has 0 amide bonds. The molecule has 0 aliphatic heterocycles. The molecule has 0 fully saturated rings. The molecule has 0 heterocycles. The van der Waals surface area contributed by atoms with Crippen LogP contribution in [0, 0.1) is 5.82 Å². The van der Waals surface area contributed by atoms with Crippen LogP contribution in [0.25, 0.3) is 0 Å². The number of phenols is 1. The molecule has 16 heavy (non-hydrogen) atoms. The van der Waals surface area contributed by atoms with Crippen LogP contribution in [0.4, 0.5) is 4.39 Å². The molecule has 1 nitrogen and oxygen atoms in total. The summed E-state index contributed by atoms with van der Waals surface area (Å²) in [5.74, 6) is 0.107. The maximum atomic E-state index is 13.3. The van der Waals surface area contributed by atoms with E-state index in [1.807, 2.05) is 18.2 Å². The number of aryl methyl sites for hydroxylation is 2. The van der Waals surface area contributed by atoms with Crippen molar-refractivity contribution in [2.45, 2.75) is 12.8 Å². The van der Waals surface area contributed by atoms with Crippen molar-refractivity contribution in [3.8, 4) is 5.75 Å². The van der Waals surface area contributed by atoms with Crippen molar-refractivity contribution in [2.24, 2.45) is 0 Å². The Morgan fingerprint density at radius 1 is 0.875 bits per heavy atom. The normalized spacial score (nSPS) is 10.3. The van der Waals surface area contributed by atoms with Crippen molar-refractivity contribution >= 4 is 0 Å². The zero-order valence-electron chi connectivity index (χ0n) is 8.86. The molecule has 0 aromatic heterocycles. The molecule has 0 aliphatic rings. The number of halogens is 1. The second-order valence-corrected chi connectivity index (χ2v) is 3.76. The third-order valence-electron chi connectivity index (χ3n) is 2.58. The number of benzene rings is 2. The number of aromatic hydroxyl groups is 1. The molecule has 0 saturated carbocycles. The Bertz CT molecular complexity index is 462. The van der Waals surface area contributed by atoms with Gasteiger partial charge in [0.15, 0.2) is 0 Å².